The molecule has 0 spiro atoms. The Kier molecular flexibility index (Phi) is 9.23. The van der Waals surface area contributed by atoms with E-state index in [0.29, 0.717) is 0 Å². The van der Waals surface area contributed by atoms with Gasteiger partial charge in [0, 0.05) is 5.54 Å². The number of halogens is 1. The number of aliphatic hydroxyl groups excluding tert-OH is 1. The van der Waals surface area contributed by atoms with Gasteiger partial charge in [0.05, 0.1) is 6.10 Å². The Bertz CT molecular complexity index is 372. The Morgan fingerprint density at radius 1 is 0.846 bits per heavy atom. The molecule has 1 unspecified atom stereocenters. The van der Waals surface area contributed by atoms with Crippen LogP contribution in [0.25, 0.3) is 0 Å². The topological polar surface area (TPSA) is 32.3 Å². The summed E-state index contributed by atoms with van der Waals surface area (Å²) < 4.78 is 0. The molecule has 4 bridgehead atoms. The average molecular weight is 386 g/mol. The minimum absolute atomic E-state index is 0. The number of nitrogens with one attached hydrogen (secondary N) is 1. The molecule has 4 aliphatic rings. The molecule has 0 radical (unpaired) electrons. The first-order chi connectivity index (χ1) is 12.2. The molecule has 0 amide bonds. The van der Waals surface area contributed by atoms with Crippen molar-refractivity contribution in [1.82, 2.24) is 5.32 Å². The van der Waals surface area contributed by atoms with E-state index < -0.39 is 0 Å². The molecule has 154 valence electrons. The lowest BCUT2D eigenvalue weighted by atomic mass is 9.47. The van der Waals surface area contributed by atoms with E-state index in [9.17, 15) is 5.11 Å². The number of hydrogen-bond donors (Lipinski definition) is 2. The van der Waals surface area contributed by atoms with Gasteiger partial charge >= 0.3 is 0 Å². The fourth-order valence-corrected chi connectivity index (χ4v) is 6.87. The van der Waals surface area contributed by atoms with Gasteiger partial charge in [-0.2, -0.15) is 0 Å². The number of hydrogen-bond acceptors (Lipinski definition) is 2. The maximum Gasteiger partial charge on any atom is 0.0558 e. The molecular formula is C23H44ClNO. The Balaban J connectivity index is 0.00000243. The molecule has 2 nitrogen and oxygen atoms in total. The quantitative estimate of drug-likeness (QED) is 0.397. The summed E-state index contributed by atoms with van der Waals surface area (Å²) >= 11 is 0. The third kappa shape index (κ3) is 5.17. The van der Waals surface area contributed by atoms with Gasteiger partial charge in [0.1, 0.15) is 0 Å². The highest BCUT2D eigenvalue weighted by Crippen LogP contribution is 2.59. The van der Waals surface area contributed by atoms with Gasteiger partial charge in [-0.3, -0.25) is 0 Å². The summed E-state index contributed by atoms with van der Waals surface area (Å²) in [7, 11) is 2.17. The van der Waals surface area contributed by atoms with Gasteiger partial charge in [0.25, 0.3) is 0 Å². The van der Waals surface area contributed by atoms with Crippen LogP contribution in [0.1, 0.15) is 103 Å². The Labute approximate surface area is 168 Å². The Morgan fingerprint density at radius 3 is 1.85 bits per heavy atom. The molecule has 1 atom stereocenters. The molecule has 26 heavy (non-hydrogen) atoms. The number of unbranched alkanes of at least 4 members (excludes halogenated alkanes) is 7. The molecule has 2 N–H and O–H groups in total. The summed E-state index contributed by atoms with van der Waals surface area (Å²) in [6, 6.07) is 0. The monoisotopic (exact) mass is 385 g/mol. The second kappa shape index (κ2) is 10.7. The smallest absolute Gasteiger partial charge is 0.0558 e. The van der Waals surface area contributed by atoms with Crippen molar-refractivity contribution in [1.29, 1.82) is 0 Å². The molecule has 3 heteroatoms. The van der Waals surface area contributed by atoms with Crippen molar-refractivity contribution < 1.29 is 5.11 Å². The molecule has 0 heterocycles. The van der Waals surface area contributed by atoms with Crippen LogP contribution in [0.4, 0.5) is 0 Å². The third-order valence-corrected chi connectivity index (χ3v) is 8.02. The summed E-state index contributed by atoms with van der Waals surface area (Å²) in [5, 5.41) is 14.5. The zero-order valence-corrected chi connectivity index (χ0v) is 18.2. The fourth-order valence-electron chi connectivity index (χ4n) is 6.87. The lowest BCUT2D eigenvalue weighted by Gasteiger charge is -2.62. The van der Waals surface area contributed by atoms with Crippen LogP contribution in [0.5, 0.6) is 0 Å². The zero-order chi connectivity index (χ0) is 17.7. The predicted molar refractivity (Wildman–Crippen MR) is 114 cm³/mol. The number of aliphatic hydroxyl groups is 1. The largest absolute Gasteiger partial charge is 0.393 e. The van der Waals surface area contributed by atoms with Crippen LogP contribution in [0.15, 0.2) is 0 Å². The Morgan fingerprint density at radius 2 is 1.35 bits per heavy atom. The predicted octanol–water partition coefficient (Wildman–Crippen LogP) is 6.10. The molecule has 0 aromatic heterocycles. The van der Waals surface area contributed by atoms with Crippen molar-refractivity contribution in [3.63, 3.8) is 0 Å². The van der Waals surface area contributed by atoms with E-state index >= 15 is 0 Å². The minimum Gasteiger partial charge on any atom is -0.393 e. The second-order valence-corrected chi connectivity index (χ2v) is 9.72. The molecule has 4 saturated carbocycles. The molecule has 4 aliphatic carbocycles. The maximum atomic E-state index is 10.8. The average Bonchev–Trinajstić information content (AvgIpc) is 2.60. The van der Waals surface area contributed by atoms with Crippen LogP contribution in [-0.2, 0) is 0 Å². The molecule has 0 aromatic rings. The van der Waals surface area contributed by atoms with E-state index in [1.54, 1.807) is 0 Å². The van der Waals surface area contributed by atoms with Gasteiger partial charge in [-0.1, -0.05) is 58.3 Å². The molecule has 4 fully saturated rings. The van der Waals surface area contributed by atoms with Gasteiger partial charge in [-0.15, -0.1) is 12.4 Å². The molecule has 4 rings (SSSR count). The highest BCUT2D eigenvalue weighted by molar-refractivity contribution is 5.85. The third-order valence-electron chi connectivity index (χ3n) is 8.02. The fraction of sp³-hybridized carbons (Fsp3) is 1.00. The molecule has 0 saturated heterocycles. The normalized spacial score (nSPS) is 36.1. The molecular weight excluding hydrogens is 342 g/mol. The van der Waals surface area contributed by atoms with Crippen LogP contribution >= 0.6 is 12.4 Å². The van der Waals surface area contributed by atoms with Crippen molar-refractivity contribution in [2.24, 2.45) is 23.7 Å². The van der Waals surface area contributed by atoms with Crippen LogP contribution in [0.2, 0.25) is 0 Å². The SMILES string of the molecule is CCCCCCCCCCC(O)CC1(NC)C2CC3CC(C2)CC1C3.Cl. The lowest BCUT2D eigenvalue weighted by molar-refractivity contribution is -0.0894. The summed E-state index contributed by atoms with van der Waals surface area (Å²) in [6.45, 7) is 2.28. The van der Waals surface area contributed by atoms with Gasteiger partial charge < -0.3 is 10.4 Å². The lowest BCUT2D eigenvalue weighted by Crippen LogP contribution is -2.65. The standard InChI is InChI=1S/C23H43NO.ClH/c1-3-4-5-6-7-8-9-10-11-22(25)17-23(24-2)20-13-18-12-19(15-20)16-21(23)14-18;/h18-22,24-25H,3-17H2,1-2H3;1H. The van der Waals surface area contributed by atoms with E-state index in [2.05, 4.69) is 19.3 Å². The summed E-state index contributed by atoms with van der Waals surface area (Å²) in [6.07, 6.45) is 20.0. The highest BCUT2D eigenvalue weighted by Gasteiger charge is 2.56. The zero-order valence-electron chi connectivity index (χ0n) is 17.3. The van der Waals surface area contributed by atoms with Crippen molar-refractivity contribution in [2.45, 2.75) is 115 Å². The van der Waals surface area contributed by atoms with Gasteiger partial charge in [0.15, 0.2) is 0 Å². The van der Waals surface area contributed by atoms with Crippen LogP contribution < -0.4 is 5.32 Å². The van der Waals surface area contributed by atoms with E-state index in [0.717, 1.165) is 36.5 Å². The van der Waals surface area contributed by atoms with Crippen molar-refractivity contribution in [3.05, 3.63) is 0 Å². The van der Waals surface area contributed by atoms with E-state index in [4.69, 9.17) is 0 Å². The van der Waals surface area contributed by atoms with Crippen LogP contribution in [0, 0.1) is 23.7 Å². The maximum absolute atomic E-state index is 10.8. The number of rotatable bonds is 12. The van der Waals surface area contributed by atoms with Crippen LogP contribution in [-0.4, -0.2) is 23.8 Å². The molecule has 0 aliphatic heterocycles. The summed E-state index contributed by atoms with van der Waals surface area (Å²) in [5.74, 6) is 3.69. The van der Waals surface area contributed by atoms with E-state index in [1.807, 2.05) is 0 Å². The van der Waals surface area contributed by atoms with E-state index in [-0.39, 0.29) is 24.0 Å². The highest BCUT2D eigenvalue weighted by atomic mass is 35.5. The van der Waals surface area contributed by atoms with E-state index in [1.165, 1.54) is 83.5 Å². The second-order valence-electron chi connectivity index (χ2n) is 9.72. The van der Waals surface area contributed by atoms with Crippen molar-refractivity contribution in [3.8, 4) is 0 Å². The minimum atomic E-state index is -0.0925. The van der Waals surface area contributed by atoms with Gasteiger partial charge in [-0.25, -0.2) is 0 Å². The first-order valence-electron chi connectivity index (χ1n) is 11.5. The van der Waals surface area contributed by atoms with Crippen molar-refractivity contribution >= 4 is 12.4 Å². The Hall–Kier alpha value is 0.210. The van der Waals surface area contributed by atoms with Crippen LogP contribution in [0.3, 0.4) is 0 Å². The van der Waals surface area contributed by atoms with Gasteiger partial charge in [0.2, 0.25) is 0 Å². The first-order valence-corrected chi connectivity index (χ1v) is 11.5. The first kappa shape index (κ1) is 22.5. The van der Waals surface area contributed by atoms with Crippen molar-refractivity contribution in [2.75, 3.05) is 7.05 Å². The molecule has 0 aromatic carbocycles. The summed E-state index contributed by atoms with van der Waals surface area (Å²) in [5.41, 5.74) is 0.257. The summed E-state index contributed by atoms with van der Waals surface area (Å²) in [4.78, 5) is 0. The van der Waals surface area contributed by atoms with Gasteiger partial charge in [-0.05, 0) is 75.7 Å².